The zero-order valence-corrected chi connectivity index (χ0v) is 17.6. The van der Waals surface area contributed by atoms with Crippen LogP contribution in [-0.4, -0.2) is 29.2 Å². The van der Waals surface area contributed by atoms with Gasteiger partial charge in [0.15, 0.2) is 0 Å². The van der Waals surface area contributed by atoms with E-state index in [2.05, 4.69) is 15.0 Å². The van der Waals surface area contributed by atoms with Crippen molar-refractivity contribution in [2.24, 2.45) is 0 Å². The summed E-state index contributed by atoms with van der Waals surface area (Å²) in [6.07, 6.45) is 1.33. The molecule has 1 amide bonds. The topological polar surface area (TPSA) is 82.5 Å². The average Bonchev–Trinajstić information content (AvgIpc) is 3.22. The maximum absolute atomic E-state index is 12.9. The van der Waals surface area contributed by atoms with Crippen LogP contribution < -0.4 is 20.3 Å². The summed E-state index contributed by atoms with van der Waals surface area (Å²) in [4.78, 5) is 30.4. The maximum atomic E-state index is 12.9. The van der Waals surface area contributed by atoms with E-state index in [1.165, 1.54) is 46.5 Å². The molecule has 1 N–H and O–H groups in total. The molecule has 2 aromatic heterocycles. The van der Waals surface area contributed by atoms with Gasteiger partial charge in [0.05, 0.1) is 19.0 Å². The summed E-state index contributed by atoms with van der Waals surface area (Å²) in [5.41, 5.74) is 1.54. The van der Waals surface area contributed by atoms with E-state index in [0.717, 1.165) is 16.2 Å². The molecule has 0 bridgehead atoms. The van der Waals surface area contributed by atoms with Gasteiger partial charge in [-0.25, -0.2) is 4.98 Å². The summed E-state index contributed by atoms with van der Waals surface area (Å²) in [7, 11) is 1.59. The van der Waals surface area contributed by atoms with Crippen LogP contribution in [-0.2, 0) is 11.3 Å². The molecule has 2 aromatic carbocycles. The number of nitrogens with one attached hydrogen (secondary N) is 1. The molecule has 0 saturated carbocycles. The summed E-state index contributed by atoms with van der Waals surface area (Å²) in [5.74, 6) is 0.259. The van der Waals surface area contributed by atoms with Gasteiger partial charge in [-0.05, 0) is 60.2 Å². The van der Waals surface area contributed by atoms with E-state index in [0.29, 0.717) is 15.9 Å². The first kappa shape index (κ1) is 21.4. The number of carbonyl (C=O) groups excluding carboxylic acids is 1. The number of fused-ring (bicyclic) bond motifs is 1. The second kappa shape index (κ2) is 9.15. The lowest BCUT2D eigenvalue weighted by molar-refractivity contribution is -0.116. The Kier molecular flexibility index (Phi) is 6.13. The van der Waals surface area contributed by atoms with Gasteiger partial charge in [-0.2, -0.15) is 8.78 Å². The molecule has 0 saturated heterocycles. The number of nitrogens with zero attached hydrogens (tertiary/aromatic N) is 2. The minimum absolute atomic E-state index is 0.0192. The molecule has 0 aliphatic heterocycles. The molecule has 0 aliphatic rings. The first-order chi connectivity index (χ1) is 15.4. The van der Waals surface area contributed by atoms with E-state index in [4.69, 9.17) is 4.74 Å². The average molecular weight is 457 g/mol. The van der Waals surface area contributed by atoms with Crippen molar-refractivity contribution in [1.82, 2.24) is 9.55 Å². The highest BCUT2D eigenvalue weighted by atomic mass is 32.1. The Hall–Kier alpha value is -3.79. The molecule has 2 heterocycles. The highest BCUT2D eigenvalue weighted by molar-refractivity contribution is 7.22. The lowest BCUT2D eigenvalue weighted by atomic mass is 10.2. The molecule has 0 aliphatic carbocycles. The number of amides is 1. The molecule has 0 atom stereocenters. The molecule has 4 rings (SSSR count). The monoisotopic (exact) mass is 457 g/mol. The number of rotatable bonds is 7. The SMILES string of the molecule is COc1ccc(-c2cc3ncn(CC(=O)Nc4ccc(OC(F)F)cc4)c(=O)c3s2)cc1. The smallest absolute Gasteiger partial charge is 0.387 e. The molecule has 0 radical (unpaired) electrons. The van der Waals surface area contributed by atoms with E-state index >= 15 is 0 Å². The predicted molar refractivity (Wildman–Crippen MR) is 118 cm³/mol. The van der Waals surface area contributed by atoms with E-state index in [1.807, 2.05) is 30.3 Å². The molecular weight excluding hydrogens is 440 g/mol. The second-order valence-corrected chi connectivity index (χ2v) is 7.73. The van der Waals surface area contributed by atoms with Crippen molar-refractivity contribution < 1.29 is 23.0 Å². The summed E-state index contributed by atoms with van der Waals surface area (Å²) in [6, 6.07) is 14.8. The van der Waals surface area contributed by atoms with Gasteiger partial charge in [0.25, 0.3) is 5.56 Å². The lowest BCUT2D eigenvalue weighted by Gasteiger charge is -2.08. The van der Waals surface area contributed by atoms with Gasteiger partial charge in [-0.1, -0.05) is 0 Å². The summed E-state index contributed by atoms with van der Waals surface area (Å²) in [6.45, 7) is -3.17. The number of hydrogen-bond acceptors (Lipinski definition) is 6. The van der Waals surface area contributed by atoms with Gasteiger partial charge >= 0.3 is 6.61 Å². The summed E-state index contributed by atoms with van der Waals surface area (Å²) < 4.78 is 35.5. The Labute approximate surface area is 184 Å². The van der Waals surface area contributed by atoms with Gasteiger partial charge in [0, 0.05) is 10.6 Å². The molecule has 0 unspecified atom stereocenters. The van der Waals surface area contributed by atoms with Gasteiger partial charge in [0.1, 0.15) is 22.7 Å². The standard InChI is InChI=1S/C22H17F2N3O4S/c1-30-15-6-2-13(3-7-15)18-10-17-20(32-18)21(29)27(12-25-17)11-19(28)26-14-4-8-16(9-5-14)31-22(23)24/h2-10,12,22H,11H2,1H3,(H,26,28). The second-order valence-electron chi connectivity index (χ2n) is 6.68. The van der Waals surface area contributed by atoms with Gasteiger partial charge in [0.2, 0.25) is 5.91 Å². The quantitative estimate of drug-likeness (QED) is 0.446. The summed E-state index contributed by atoms with van der Waals surface area (Å²) >= 11 is 1.30. The molecule has 0 fully saturated rings. The molecule has 10 heteroatoms. The third-order valence-electron chi connectivity index (χ3n) is 4.56. The Balaban J connectivity index is 1.49. The number of benzene rings is 2. The molecule has 0 spiro atoms. The van der Waals surface area contributed by atoms with Crippen LogP contribution in [0.1, 0.15) is 0 Å². The number of methoxy groups -OCH3 is 1. The van der Waals surface area contributed by atoms with Crippen molar-refractivity contribution in [1.29, 1.82) is 0 Å². The molecule has 7 nitrogen and oxygen atoms in total. The Morgan fingerprint density at radius 1 is 1.12 bits per heavy atom. The number of thiophene rings is 1. The number of aromatic nitrogens is 2. The minimum Gasteiger partial charge on any atom is -0.497 e. The van der Waals surface area contributed by atoms with E-state index < -0.39 is 12.5 Å². The molecule has 164 valence electrons. The molecule has 4 aromatic rings. The first-order valence-corrected chi connectivity index (χ1v) is 10.2. The van der Waals surface area contributed by atoms with Crippen molar-refractivity contribution in [2.45, 2.75) is 13.2 Å². The highest BCUT2D eigenvalue weighted by Crippen LogP contribution is 2.31. The zero-order chi connectivity index (χ0) is 22.7. The van der Waals surface area contributed by atoms with Crippen LogP contribution in [0.15, 0.2) is 65.7 Å². The van der Waals surface area contributed by atoms with Crippen molar-refractivity contribution in [3.63, 3.8) is 0 Å². The number of anilines is 1. The fourth-order valence-corrected chi connectivity index (χ4v) is 4.10. The fraction of sp³-hybridized carbons (Fsp3) is 0.136. The maximum Gasteiger partial charge on any atom is 0.387 e. The zero-order valence-electron chi connectivity index (χ0n) is 16.7. The third-order valence-corrected chi connectivity index (χ3v) is 5.72. The van der Waals surface area contributed by atoms with Gasteiger partial charge in [-0.3, -0.25) is 14.2 Å². The Morgan fingerprint density at radius 2 is 1.81 bits per heavy atom. The van der Waals surface area contributed by atoms with E-state index in [9.17, 15) is 18.4 Å². The van der Waals surface area contributed by atoms with Crippen molar-refractivity contribution in [3.8, 4) is 21.9 Å². The van der Waals surface area contributed by atoms with Gasteiger partial charge < -0.3 is 14.8 Å². The van der Waals surface area contributed by atoms with Crippen LogP contribution in [0.5, 0.6) is 11.5 Å². The fourth-order valence-electron chi connectivity index (χ4n) is 3.03. The van der Waals surface area contributed by atoms with Crippen LogP contribution in [0.4, 0.5) is 14.5 Å². The highest BCUT2D eigenvalue weighted by Gasteiger charge is 2.13. The van der Waals surface area contributed by atoms with Crippen molar-refractivity contribution in [3.05, 3.63) is 71.3 Å². The third kappa shape index (κ3) is 4.75. The Morgan fingerprint density at radius 3 is 2.47 bits per heavy atom. The lowest BCUT2D eigenvalue weighted by Crippen LogP contribution is -2.27. The number of alkyl halides is 2. The number of carbonyl (C=O) groups is 1. The van der Waals surface area contributed by atoms with Gasteiger partial charge in [-0.15, -0.1) is 11.3 Å². The Bertz CT molecular complexity index is 1300. The van der Waals surface area contributed by atoms with Crippen molar-refractivity contribution in [2.75, 3.05) is 12.4 Å². The van der Waals surface area contributed by atoms with Crippen LogP contribution in [0.25, 0.3) is 20.7 Å². The number of halogens is 2. The first-order valence-electron chi connectivity index (χ1n) is 9.41. The largest absolute Gasteiger partial charge is 0.497 e. The van der Waals surface area contributed by atoms with E-state index in [-0.39, 0.29) is 17.9 Å². The number of ether oxygens (including phenoxy) is 2. The van der Waals surface area contributed by atoms with Crippen LogP contribution in [0.3, 0.4) is 0 Å². The normalized spacial score (nSPS) is 11.0. The van der Waals surface area contributed by atoms with E-state index in [1.54, 1.807) is 7.11 Å². The number of hydrogen-bond donors (Lipinski definition) is 1. The van der Waals surface area contributed by atoms with Crippen molar-refractivity contribution >= 4 is 33.1 Å². The molecular formula is C22H17F2N3O4S. The molecule has 32 heavy (non-hydrogen) atoms. The van der Waals surface area contributed by atoms with Crippen LogP contribution >= 0.6 is 11.3 Å². The van der Waals surface area contributed by atoms with Crippen LogP contribution in [0, 0.1) is 0 Å². The predicted octanol–water partition coefficient (Wildman–Crippen LogP) is 4.37. The minimum atomic E-state index is -2.92. The van der Waals surface area contributed by atoms with Crippen LogP contribution in [0.2, 0.25) is 0 Å². The summed E-state index contributed by atoms with van der Waals surface area (Å²) in [5, 5.41) is 2.61.